The maximum absolute atomic E-state index is 12.1. The Kier molecular flexibility index (Phi) is 5.39. The molecule has 1 saturated heterocycles. The molecule has 0 unspecified atom stereocenters. The van der Waals surface area contributed by atoms with E-state index in [1.807, 2.05) is 29.7 Å². The lowest BCUT2D eigenvalue weighted by atomic mass is 10.1. The summed E-state index contributed by atoms with van der Waals surface area (Å²) < 4.78 is 0. The molecule has 0 atom stereocenters. The second-order valence-corrected chi connectivity index (χ2v) is 6.90. The van der Waals surface area contributed by atoms with Crippen LogP contribution in [0.4, 0.5) is 0 Å². The Balaban J connectivity index is 1.69. The largest absolute Gasteiger partial charge is 0.304 e. The first-order valence-corrected chi connectivity index (χ1v) is 8.85. The molecule has 0 aliphatic carbocycles. The summed E-state index contributed by atoms with van der Waals surface area (Å²) in [6.07, 6.45) is 3.64. The predicted molar refractivity (Wildman–Crippen MR) is 96.9 cm³/mol. The van der Waals surface area contributed by atoms with Crippen LogP contribution in [0.25, 0.3) is 6.08 Å². The van der Waals surface area contributed by atoms with Crippen molar-refractivity contribution in [2.24, 2.45) is 0 Å². The van der Waals surface area contributed by atoms with Crippen LogP contribution in [0, 0.1) is 0 Å². The van der Waals surface area contributed by atoms with Gasteiger partial charge in [0, 0.05) is 32.7 Å². The number of hydrogen-bond acceptors (Lipinski definition) is 4. The van der Waals surface area contributed by atoms with Gasteiger partial charge in [0.05, 0.1) is 4.88 Å². The van der Waals surface area contributed by atoms with Crippen LogP contribution in [0.5, 0.6) is 0 Å². The Hall–Kier alpha value is -1.75. The van der Waals surface area contributed by atoms with E-state index in [1.165, 1.54) is 16.9 Å². The van der Waals surface area contributed by atoms with Gasteiger partial charge < -0.3 is 4.90 Å². The van der Waals surface area contributed by atoms with Crippen molar-refractivity contribution >= 4 is 23.2 Å². The van der Waals surface area contributed by atoms with Crippen LogP contribution in [-0.2, 0) is 6.54 Å². The molecule has 1 aromatic heterocycles. The van der Waals surface area contributed by atoms with Crippen LogP contribution in [0.1, 0.15) is 20.8 Å². The van der Waals surface area contributed by atoms with Crippen LogP contribution in [0.15, 0.2) is 47.9 Å². The Morgan fingerprint density at radius 3 is 2.65 bits per heavy atom. The monoisotopic (exact) mass is 326 g/mol. The Morgan fingerprint density at radius 2 is 1.91 bits per heavy atom. The van der Waals surface area contributed by atoms with Crippen molar-refractivity contribution in [2.45, 2.75) is 6.54 Å². The van der Waals surface area contributed by atoms with Gasteiger partial charge in [0.25, 0.3) is 0 Å². The number of hydrogen-bond donors (Lipinski definition) is 0. The third kappa shape index (κ3) is 4.38. The zero-order valence-electron chi connectivity index (χ0n) is 13.4. The first-order valence-electron chi connectivity index (χ1n) is 7.97. The van der Waals surface area contributed by atoms with Gasteiger partial charge in [-0.05, 0) is 35.7 Å². The number of nitrogens with zero attached hydrogens (tertiary/aromatic N) is 2. The molecule has 0 saturated carbocycles. The summed E-state index contributed by atoms with van der Waals surface area (Å²) in [6.45, 7) is 5.39. The number of piperazine rings is 1. The van der Waals surface area contributed by atoms with Crippen molar-refractivity contribution in [3.63, 3.8) is 0 Å². The zero-order valence-corrected chi connectivity index (χ0v) is 14.3. The average molecular weight is 326 g/mol. The lowest BCUT2D eigenvalue weighted by molar-refractivity contribution is 0.105. The molecular formula is C19H22N2OS. The molecule has 1 aliphatic heterocycles. The zero-order chi connectivity index (χ0) is 16.1. The SMILES string of the molecule is CN1CCN(Cc2ccccc2C=CC(=O)c2cccs2)CC1. The molecule has 2 heterocycles. The topological polar surface area (TPSA) is 23.6 Å². The molecule has 3 rings (SSSR count). The number of ketones is 1. The molecule has 1 fully saturated rings. The van der Waals surface area contributed by atoms with E-state index < -0.39 is 0 Å². The van der Waals surface area contributed by atoms with Crippen molar-refractivity contribution in [1.29, 1.82) is 0 Å². The summed E-state index contributed by atoms with van der Waals surface area (Å²) in [5.41, 5.74) is 2.42. The van der Waals surface area contributed by atoms with Gasteiger partial charge >= 0.3 is 0 Å². The molecule has 23 heavy (non-hydrogen) atoms. The van der Waals surface area contributed by atoms with E-state index in [0.717, 1.165) is 43.2 Å². The minimum atomic E-state index is 0.0781. The molecule has 0 amide bonds. The second kappa shape index (κ2) is 7.68. The van der Waals surface area contributed by atoms with Crippen LogP contribution in [-0.4, -0.2) is 48.8 Å². The van der Waals surface area contributed by atoms with Gasteiger partial charge in [-0.25, -0.2) is 0 Å². The van der Waals surface area contributed by atoms with E-state index in [2.05, 4.69) is 35.0 Å². The van der Waals surface area contributed by atoms with Gasteiger partial charge in [-0.3, -0.25) is 9.69 Å². The first kappa shape index (κ1) is 16.1. The number of carbonyl (C=O) groups is 1. The highest BCUT2D eigenvalue weighted by Gasteiger charge is 2.14. The molecule has 3 nitrogen and oxygen atoms in total. The van der Waals surface area contributed by atoms with Gasteiger partial charge in [-0.15, -0.1) is 11.3 Å². The van der Waals surface area contributed by atoms with Crippen LogP contribution < -0.4 is 0 Å². The van der Waals surface area contributed by atoms with Crippen LogP contribution in [0.3, 0.4) is 0 Å². The molecule has 0 radical (unpaired) electrons. The fourth-order valence-corrected chi connectivity index (χ4v) is 3.40. The summed E-state index contributed by atoms with van der Waals surface area (Å²) in [5, 5.41) is 1.93. The summed E-state index contributed by atoms with van der Waals surface area (Å²) in [4.78, 5) is 17.8. The molecule has 120 valence electrons. The highest BCUT2D eigenvalue weighted by Crippen LogP contribution is 2.16. The number of thiophene rings is 1. The molecule has 0 bridgehead atoms. The van der Waals surface area contributed by atoms with Crippen molar-refractivity contribution in [3.05, 3.63) is 63.9 Å². The Labute approximate surface area is 141 Å². The fraction of sp³-hybridized carbons (Fsp3) is 0.316. The number of allylic oxidation sites excluding steroid dienone is 1. The summed E-state index contributed by atoms with van der Waals surface area (Å²) in [5.74, 6) is 0.0781. The molecule has 4 heteroatoms. The predicted octanol–water partition coefficient (Wildman–Crippen LogP) is 3.39. The van der Waals surface area contributed by atoms with Gasteiger partial charge in [0.1, 0.15) is 0 Å². The maximum atomic E-state index is 12.1. The van der Waals surface area contributed by atoms with E-state index in [4.69, 9.17) is 0 Å². The highest BCUT2D eigenvalue weighted by molar-refractivity contribution is 7.12. The van der Waals surface area contributed by atoms with Gasteiger partial charge in [0.2, 0.25) is 0 Å². The number of benzene rings is 1. The summed E-state index contributed by atoms with van der Waals surface area (Å²) >= 11 is 1.49. The minimum absolute atomic E-state index is 0.0781. The number of carbonyl (C=O) groups excluding carboxylic acids is 1. The first-order chi connectivity index (χ1) is 11.2. The molecular weight excluding hydrogens is 304 g/mol. The number of likely N-dealkylation sites (N-methyl/N-ethyl adjacent to an activating group) is 1. The highest BCUT2D eigenvalue weighted by atomic mass is 32.1. The second-order valence-electron chi connectivity index (χ2n) is 5.95. The summed E-state index contributed by atoms with van der Waals surface area (Å²) in [6, 6.07) is 12.1. The van der Waals surface area contributed by atoms with Gasteiger partial charge in [-0.2, -0.15) is 0 Å². The van der Waals surface area contributed by atoms with E-state index >= 15 is 0 Å². The fourth-order valence-electron chi connectivity index (χ4n) is 2.75. The van der Waals surface area contributed by atoms with Gasteiger partial charge in [0.15, 0.2) is 5.78 Å². The van der Waals surface area contributed by atoms with Crippen molar-refractivity contribution in [3.8, 4) is 0 Å². The normalized spacial score (nSPS) is 16.9. The van der Waals surface area contributed by atoms with Crippen molar-refractivity contribution in [1.82, 2.24) is 9.80 Å². The minimum Gasteiger partial charge on any atom is -0.304 e. The maximum Gasteiger partial charge on any atom is 0.195 e. The van der Waals surface area contributed by atoms with Crippen LogP contribution >= 0.6 is 11.3 Å². The van der Waals surface area contributed by atoms with E-state index in [0.29, 0.717) is 0 Å². The third-order valence-electron chi connectivity index (χ3n) is 4.22. The smallest absolute Gasteiger partial charge is 0.195 e. The van der Waals surface area contributed by atoms with E-state index in [1.54, 1.807) is 6.08 Å². The van der Waals surface area contributed by atoms with E-state index in [-0.39, 0.29) is 5.78 Å². The average Bonchev–Trinajstić information content (AvgIpc) is 3.10. The Bertz CT molecular complexity index is 670. The van der Waals surface area contributed by atoms with Crippen molar-refractivity contribution in [2.75, 3.05) is 33.2 Å². The molecule has 0 spiro atoms. The van der Waals surface area contributed by atoms with E-state index in [9.17, 15) is 4.79 Å². The lowest BCUT2D eigenvalue weighted by Gasteiger charge is -2.32. The molecule has 1 aromatic carbocycles. The molecule has 1 aliphatic rings. The number of rotatable bonds is 5. The quantitative estimate of drug-likeness (QED) is 0.621. The third-order valence-corrected chi connectivity index (χ3v) is 5.11. The lowest BCUT2D eigenvalue weighted by Crippen LogP contribution is -2.43. The standard InChI is InChI=1S/C19H22N2OS/c1-20-10-12-21(13-11-20)15-17-6-3-2-5-16(17)8-9-18(22)19-7-4-14-23-19/h2-9,14H,10-13,15H2,1H3. The molecule has 2 aromatic rings. The van der Waals surface area contributed by atoms with Crippen molar-refractivity contribution < 1.29 is 4.79 Å². The molecule has 0 N–H and O–H groups in total. The van der Waals surface area contributed by atoms with Gasteiger partial charge in [-0.1, -0.05) is 36.4 Å². The Morgan fingerprint density at radius 1 is 1.13 bits per heavy atom. The summed E-state index contributed by atoms with van der Waals surface area (Å²) in [7, 11) is 2.17. The van der Waals surface area contributed by atoms with Crippen LogP contribution in [0.2, 0.25) is 0 Å².